The Kier molecular flexibility index (Phi) is 7.21. The van der Waals surface area contributed by atoms with Crippen molar-refractivity contribution in [2.24, 2.45) is 0 Å². The van der Waals surface area contributed by atoms with E-state index in [1.54, 1.807) is 72.8 Å². The number of ether oxygens (including phenoxy) is 4. The molecule has 35 heavy (non-hydrogen) atoms. The molecule has 0 aliphatic carbocycles. The minimum atomic E-state index is -5.33. The molecule has 0 saturated carbocycles. The summed E-state index contributed by atoms with van der Waals surface area (Å²) in [6, 6.07) is 28.9. The molecule has 4 rings (SSSR count). The van der Waals surface area contributed by atoms with Gasteiger partial charge >= 0.3 is 12.1 Å². The molecule has 0 amide bonds. The summed E-state index contributed by atoms with van der Waals surface area (Å²) in [5.41, 5.74) is 0. The molecule has 4 nitrogen and oxygen atoms in total. The molecule has 0 saturated heterocycles. The van der Waals surface area contributed by atoms with E-state index in [2.05, 4.69) is 0 Å². The van der Waals surface area contributed by atoms with E-state index in [0.29, 0.717) is 11.5 Å². The molecule has 0 spiro atoms. The summed E-state index contributed by atoms with van der Waals surface area (Å²) in [6.07, 6.45) is -5.33. The van der Waals surface area contributed by atoms with E-state index < -0.39 is 17.9 Å². The smallest absolute Gasteiger partial charge is 0.450 e. The normalized spacial score (nSPS) is 10.9. The second-order valence-electron chi connectivity index (χ2n) is 7.08. The van der Waals surface area contributed by atoms with Crippen LogP contribution in [0.3, 0.4) is 0 Å². The zero-order valence-corrected chi connectivity index (χ0v) is 18.0. The molecule has 0 atom stereocenters. The lowest BCUT2D eigenvalue weighted by atomic mass is 10.3. The van der Waals surface area contributed by atoms with Crippen LogP contribution in [0.25, 0.3) is 0 Å². The Morgan fingerprint density at radius 2 is 0.857 bits per heavy atom. The Morgan fingerprint density at radius 3 is 1.26 bits per heavy atom. The zero-order valence-electron chi connectivity index (χ0n) is 18.0. The van der Waals surface area contributed by atoms with Crippen LogP contribution in [0.5, 0.6) is 34.5 Å². The number of hydrogen-bond donors (Lipinski definition) is 0. The highest BCUT2D eigenvalue weighted by atomic mass is 19.4. The molecule has 0 aromatic heterocycles. The quantitative estimate of drug-likeness (QED) is 0.187. The molecule has 0 aliphatic rings. The van der Waals surface area contributed by atoms with Crippen LogP contribution >= 0.6 is 0 Å². The summed E-state index contributed by atoms with van der Waals surface area (Å²) < 4.78 is 75.5. The van der Waals surface area contributed by atoms with Gasteiger partial charge in [0, 0.05) is 12.1 Å². The summed E-state index contributed by atoms with van der Waals surface area (Å²) >= 11 is 0. The molecular formula is C27H18F4O4. The lowest BCUT2D eigenvalue weighted by molar-refractivity contribution is -0.115. The van der Waals surface area contributed by atoms with Crippen LogP contribution in [0.2, 0.25) is 0 Å². The molecule has 178 valence electrons. The SMILES string of the molecule is FC(=C(Oc1cccc(Oc2ccccc2)c1)Oc1cccc(Oc2ccccc2)c1)C(F)(F)F. The Balaban J connectivity index is 1.57. The molecular weight excluding hydrogens is 464 g/mol. The van der Waals surface area contributed by atoms with Gasteiger partial charge in [-0.3, -0.25) is 0 Å². The van der Waals surface area contributed by atoms with E-state index in [1.807, 2.05) is 0 Å². The van der Waals surface area contributed by atoms with Crippen molar-refractivity contribution < 1.29 is 36.5 Å². The molecule has 0 N–H and O–H groups in total. The highest BCUT2D eigenvalue weighted by molar-refractivity contribution is 5.39. The molecule has 4 aromatic rings. The third-order valence-corrected chi connectivity index (χ3v) is 4.42. The van der Waals surface area contributed by atoms with E-state index in [9.17, 15) is 17.6 Å². The Labute approximate surface area is 198 Å². The van der Waals surface area contributed by atoms with Crippen molar-refractivity contribution in [2.45, 2.75) is 6.18 Å². The fourth-order valence-electron chi connectivity index (χ4n) is 2.89. The van der Waals surface area contributed by atoms with Gasteiger partial charge in [0.05, 0.1) is 0 Å². The molecule has 0 bridgehead atoms. The number of alkyl halides is 3. The van der Waals surface area contributed by atoms with E-state index in [-0.39, 0.29) is 23.0 Å². The van der Waals surface area contributed by atoms with Gasteiger partial charge in [0.2, 0.25) is 0 Å². The van der Waals surface area contributed by atoms with E-state index in [1.165, 1.54) is 36.4 Å². The fraction of sp³-hybridized carbons (Fsp3) is 0.0370. The topological polar surface area (TPSA) is 36.9 Å². The van der Waals surface area contributed by atoms with Gasteiger partial charge in [-0.15, -0.1) is 0 Å². The van der Waals surface area contributed by atoms with Gasteiger partial charge in [-0.1, -0.05) is 48.5 Å². The lowest BCUT2D eigenvalue weighted by Crippen LogP contribution is -2.17. The largest absolute Gasteiger partial charge is 0.457 e. The number of rotatable bonds is 8. The second kappa shape index (κ2) is 10.6. The number of para-hydroxylation sites is 2. The van der Waals surface area contributed by atoms with Crippen molar-refractivity contribution in [3.05, 3.63) is 121 Å². The average Bonchev–Trinajstić information content (AvgIpc) is 2.84. The van der Waals surface area contributed by atoms with Crippen molar-refractivity contribution in [3.63, 3.8) is 0 Å². The first kappa shape index (κ1) is 23.7. The maximum absolute atomic E-state index is 14.3. The highest BCUT2D eigenvalue weighted by Gasteiger charge is 2.40. The molecule has 0 unspecified atom stereocenters. The first-order valence-corrected chi connectivity index (χ1v) is 10.4. The van der Waals surface area contributed by atoms with Gasteiger partial charge in [0.1, 0.15) is 34.5 Å². The minimum absolute atomic E-state index is 0.121. The van der Waals surface area contributed by atoms with Crippen LogP contribution in [-0.2, 0) is 0 Å². The van der Waals surface area contributed by atoms with E-state index in [4.69, 9.17) is 18.9 Å². The maximum atomic E-state index is 14.3. The lowest BCUT2D eigenvalue weighted by Gasteiger charge is -2.15. The van der Waals surface area contributed by atoms with Gasteiger partial charge in [-0.2, -0.15) is 17.6 Å². The third kappa shape index (κ3) is 6.77. The standard InChI is InChI=1S/C27H18F4O4/c28-25(27(29,30)31)26(34-23-15-7-13-21(17-23)32-19-9-3-1-4-10-19)35-24-16-8-14-22(18-24)33-20-11-5-2-6-12-20/h1-18H. The van der Waals surface area contributed by atoms with Crippen LogP contribution in [0, 0.1) is 0 Å². The van der Waals surface area contributed by atoms with Gasteiger partial charge in [0.15, 0.2) is 0 Å². The van der Waals surface area contributed by atoms with Crippen LogP contribution < -0.4 is 18.9 Å². The van der Waals surface area contributed by atoms with Crippen molar-refractivity contribution in [1.29, 1.82) is 0 Å². The van der Waals surface area contributed by atoms with Crippen LogP contribution in [0.1, 0.15) is 0 Å². The summed E-state index contributed by atoms with van der Waals surface area (Å²) in [5.74, 6) is -2.57. The van der Waals surface area contributed by atoms with Gasteiger partial charge in [-0.25, -0.2) is 0 Å². The van der Waals surface area contributed by atoms with Crippen molar-refractivity contribution in [3.8, 4) is 34.5 Å². The predicted molar refractivity (Wildman–Crippen MR) is 121 cm³/mol. The monoisotopic (exact) mass is 482 g/mol. The molecule has 0 fully saturated rings. The highest BCUT2D eigenvalue weighted by Crippen LogP contribution is 2.34. The summed E-state index contributed by atoms with van der Waals surface area (Å²) in [5, 5.41) is 0. The first-order valence-electron chi connectivity index (χ1n) is 10.4. The minimum Gasteiger partial charge on any atom is -0.457 e. The van der Waals surface area contributed by atoms with Gasteiger partial charge in [0.25, 0.3) is 5.83 Å². The van der Waals surface area contributed by atoms with Gasteiger partial charge in [-0.05, 0) is 48.5 Å². The first-order chi connectivity index (χ1) is 16.9. The zero-order chi connectivity index (χ0) is 24.7. The molecule has 0 aliphatic heterocycles. The second-order valence-corrected chi connectivity index (χ2v) is 7.08. The molecule has 4 aromatic carbocycles. The predicted octanol–water partition coefficient (Wildman–Crippen LogP) is 8.43. The summed E-state index contributed by atoms with van der Waals surface area (Å²) in [6.45, 7) is 0. The Hall–Kier alpha value is -4.46. The number of benzene rings is 4. The van der Waals surface area contributed by atoms with Crippen LogP contribution in [0.4, 0.5) is 17.6 Å². The third-order valence-electron chi connectivity index (χ3n) is 4.42. The number of allylic oxidation sites excluding steroid dienone is 1. The van der Waals surface area contributed by atoms with Crippen LogP contribution in [-0.4, -0.2) is 6.18 Å². The Morgan fingerprint density at radius 1 is 0.486 bits per heavy atom. The summed E-state index contributed by atoms with van der Waals surface area (Å²) in [7, 11) is 0. The molecule has 0 heterocycles. The maximum Gasteiger partial charge on any atom is 0.450 e. The van der Waals surface area contributed by atoms with E-state index in [0.717, 1.165) is 0 Å². The van der Waals surface area contributed by atoms with Crippen LogP contribution in [0.15, 0.2) is 121 Å². The number of hydrogen-bond acceptors (Lipinski definition) is 4. The van der Waals surface area contributed by atoms with Crippen molar-refractivity contribution in [2.75, 3.05) is 0 Å². The van der Waals surface area contributed by atoms with Crippen molar-refractivity contribution >= 4 is 0 Å². The average molecular weight is 482 g/mol. The Bertz CT molecular complexity index is 1200. The number of halogens is 4. The van der Waals surface area contributed by atoms with Gasteiger partial charge < -0.3 is 18.9 Å². The van der Waals surface area contributed by atoms with E-state index >= 15 is 0 Å². The molecule has 0 radical (unpaired) electrons. The molecule has 8 heteroatoms. The van der Waals surface area contributed by atoms with Crippen molar-refractivity contribution in [1.82, 2.24) is 0 Å². The summed E-state index contributed by atoms with van der Waals surface area (Å²) in [4.78, 5) is 0. The fourth-order valence-corrected chi connectivity index (χ4v) is 2.89.